The third-order valence-electron chi connectivity index (χ3n) is 5.92. The number of anilines is 1. The van der Waals surface area contributed by atoms with Crippen molar-refractivity contribution < 1.29 is 19.3 Å². The van der Waals surface area contributed by atoms with Gasteiger partial charge in [-0.25, -0.2) is 4.98 Å². The molecule has 0 aromatic carbocycles. The molecule has 0 saturated carbocycles. The van der Waals surface area contributed by atoms with Crippen LogP contribution in [0.15, 0.2) is 24.4 Å². The summed E-state index contributed by atoms with van der Waals surface area (Å²) in [7, 11) is 0. The number of aromatic amines is 1. The van der Waals surface area contributed by atoms with Crippen LogP contribution in [-0.4, -0.2) is 62.7 Å². The normalized spacial score (nSPS) is 29.9. The quantitative estimate of drug-likeness (QED) is 0.577. The lowest BCUT2D eigenvalue weighted by atomic mass is 10.1. The number of hydrogen-bond donors (Lipinski definition) is 3. The second-order valence-corrected chi connectivity index (χ2v) is 8.24. The fourth-order valence-electron chi connectivity index (χ4n) is 4.46. The van der Waals surface area contributed by atoms with Gasteiger partial charge in [-0.15, -0.1) is 0 Å². The van der Waals surface area contributed by atoms with Crippen molar-refractivity contribution in [2.45, 2.75) is 43.3 Å². The number of pyridine rings is 2. The Bertz CT molecular complexity index is 1110. The van der Waals surface area contributed by atoms with Gasteiger partial charge < -0.3 is 29.6 Å². The third-order valence-corrected chi connectivity index (χ3v) is 6.21. The predicted octanol–water partition coefficient (Wildman–Crippen LogP) is 2.01. The van der Waals surface area contributed by atoms with Crippen LogP contribution < -0.4 is 10.1 Å². The zero-order valence-corrected chi connectivity index (χ0v) is 16.7. The highest BCUT2D eigenvalue weighted by Crippen LogP contribution is 2.35. The molecule has 30 heavy (non-hydrogen) atoms. The summed E-state index contributed by atoms with van der Waals surface area (Å²) in [5.41, 5.74) is 3.46. The molecule has 156 valence electrons. The Kier molecular flexibility index (Phi) is 4.31. The van der Waals surface area contributed by atoms with E-state index < -0.39 is 6.10 Å². The number of hydrogen-bond acceptors (Lipinski definition) is 8. The summed E-state index contributed by atoms with van der Waals surface area (Å²) in [4.78, 5) is 16.6. The van der Waals surface area contributed by atoms with Crippen LogP contribution in [0.3, 0.4) is 0 Å². The van der Waals surface area contributed by atoms with Crippen LogP contribution in [0.1, 0.15) is 23.7 Å². The lowest BCUT2D eigenvalue weighted by molar-refractivity contribution is 0.00706. The molecule has 6 rings (SSSR count). The number of fused-ring (bicyclic) bond motifs is 3. The first kappa shape index (κ1) is 18.3. The first-order valence-electron chi connectivity index (χ1n) is 10.0. The largest absolute Gasteiger partial charge is 0.456 e. The third kappa shape index (κ3) is 3.01. The zero-order chi connectivity index (χ0) is 20.2. The molecule has 1 unspecified atom stereocenters. The molecule has 3 aromatic heterocycles. The van der Waals surface area contributed by atoms with Gasteiger partial charge in [0, 0.05) is 6.20 Å². The maximum Gasteiger partial charge on any atom is 0.296 e. The van der Waals surface area contributed by atoms with Gasteiger partial charge in [-0.05, 0) is 30.5 Å². The van der Waals surface area contributed by atoms with Crippen molar-refractivity contribution in [3.05, 3.63) is 40.7 Å². The molecule has 0 amide bonds. The zero-order valence-electron chi connectivity index (χ0n) is 15.9. The molecule has 3 aromatic rings. The molecule has 10 heteroatoms. The lowest BCUT2D eigenvalue weighted by Crippen LogP contribution is -2.34. The summed E-state index contributed by atoms with van der Waals surface area (Å²) < 4.78 is 17.1. The SMILES string of the molecule is O[C@@H]1CO[C@H]2[C@@H]1OC[C@H]2Oc1nc2nc(NC3CCc4cccnc43)c(Cl)cc2[nH]1. The van der Waals surface area contributed by atoms with Gasteiger partial charge >= 0.3 is 0 Å². The lowest BCUT2D eigenvalue weighted by Gasteiger charge is -2.15. The molecule has 0 radical (unpaired) electrons. The van der Waals surface area contributed by atoms with Crippen molar-refractivity contribution in [1.29, 1.82) is 0 Å². The number of nitrogens with zero attached hydrogens (tertiary/aromatic N) is 3. The van der Waals surface area contributed by atoms with E-state index in [1.165, 1.54) is 5.56 Å². The topological polar surface area (TPSA) is 114 Å². The minimum atomic E-state index is -0.622. The maximum atomic E-state index is 9.87. The van der Waals surface area contributed by atoms with Gasteiger partial charge in [0.05, 0.1) is 35.5 Å². The first-order valence-corrected chi connectivity index (χ1v) is 10.4. The summed E-state index contributed by atoms with van der Waals surface area (Å²) in [6.45, 7) is 0.583. The van der Waals surface area contributed by atoms with Crippen molar-refractivity contribution in [3.8, 4) is 6.01 Å². The summed E-state index contributed by atoms with van der Waals surface area (Å²) in [5.74, 6) is 0.567. The van der Waals surface area contributed by atoms with Gasteiger partial charge in [0.2, 0.25) is 0 Å². The number of aromatic nitrogens is 4. The molecule has 0 bridgehead atoms. The standard InChI is InChI=1S/C20H20ClN5O4/c21-10-6-12-19(25-18(10)23-11-4-3-9-2-1-5-22-15(9)11)26-20(24-12)30-14-8-29-16-13(27)7-28-17(14)16/h1-2,5-6,11,13-14,16-17,27H,3-4,7-8H2,(H2,23,24,25,26)/t11?,13-,14-,16-,17-/m1/s1. The highest BCUT2D eigenvalue weighted by molar-refractivity contribution is 6.33. The van der Waals surface area contributed by atoms with Crippen molar-refractivity contribution in [3.63, 3.8) is 0 Å². The summed E-state index contributed by atoms with van der Waals surface area (Å²) in [6.07, 6.45) is 2.09. The number of H-pyrrole nitrogens is 1. The minimum Gasteiger partial charge on any atom is -0.456 e. The van der Waals surface area contributed by atoms with Gasteiger partial charge in [0.15, 0.2) is 11.8 Å². The van der Waals surface area contributed by atoms with Crippen LogP contribution in [0.5, 0.6) is 6.01 Å². The molecule has 2 fully saturated rings. The number of aliphatic hydroxyl groups excluding tert-OH is 1. The Morgan fingerprint density at radius 3 is 3.07 bits per heavy atom. The Balaban J connectivity index is 1.23. The van der Waals surface area contributed by atoms with Gasteiger partial charge in [-0.1, -0.05) is 17.7 Å². The van der Waals surface area contributed by atoms with Crippen LogP contribution in [0.4, 0.5) is 5.82 Å². The van der Waals surface area contributed by atoms with Crippen LogP contribution in [-0.2, 0) is 15.9 Å². The van der Waals surface area contributed by atoms with E-state index in [1.54, 1.807) is 12.3 Å². The van der Waals surface area contributed by atoms with Crippen LogP contribution in [0, 0.1) is 0 Å². The predicted molar refractivity (Wildman–Crippen MR) is 108 cm³/mol. The number of rotatable bonds is 4. The van der Waals surface area contributed by atoms with E-state index in [0.717, 1.165) is 18.5 Å². The van der Waals surface area contributed by atoms with E-state index in [0.29, 0.717) is 34.6 Å². The highest BCUT2D eigenvalue weighted by Gasteiger charge is 2.48. The van der Waals surface area contributed by atoms with E-state index in [9.17, 15) is 5.11 Å². The van der Waals surface area contributed by atoms with E-state index in [-0.39, 0.29) is 31.0 Å². The number of imidazole rings is 1. The number of nitrogens with one attached hydrogen (secondary N) is 2. The number of halogens is 1. The highest BCUT2D eigenvalue weighted by atomic mass is 35.5. The van der Waals surface area contributed by atoms with E-state index in [2.05, 4.69) is 31.3 Å². The molecule has 1 aliphatic carbocycles. The molecule has 2 saturated heterocycles. The fourth-order valence-corrected chi connectivity index (χ4v) is 4.67. The summed E-state index contributed by atoms with van der Waals surface area (Å²) >= 11 is 6.48. The first-order chi connectivity index (χ1) is 14.7. The number of aliphatic hydroxyl groups is 1. The molecule has 5 atom stereocenters. The Labute approximate surface area is 176 Å². The van der Waals surface area contributed by atoms with Crippen LogP contribution in [0.2, 0.25) is 5.02 Å². The maximum absolute atomic E-state index is 9.87. The molecule has 0 spiro atoms. The van der Waals surface area contributed by atoms with E-state index in [1.807, 2.05) is 6.07 Å². The second-order valence-electron chi connectivity index (χ2n) is 7.83. The molecule has 2 aliphatic heterocycles. The van der Waals surface area contributed by atoms with E-state index >= 15 is 0 Å². The molecule has 3 aliphatic rings. The van der Waals surface area contributed by atoms with Crippen LogP contribution >= 0.6 is 11.6 Å². The van der Waals surface area contributed by atoms with Crippen molar-refractivity contribution in [1.82, 2.24) is 19.9 Å². The average molecular weight is 430 g/mol. The average Bonchev–Trinajstić information content (AvgIpc) is 3.49. The Morgan fingerprint density at radius 1 is 1.23 bits per heavy atom. The van der Waals surface area contributed by atoms with Crippen molar-refractivity contribution >= 4 is 28.6 Å². The Morgan fingerprint density at radius 2 is 2.13 bits per heavy atom. The fraction of sp³-hybridized carbons (Fsp3) is 0.450. The van der Waals surface area contributed by atoms with Gasteiger partial charge in [-0.3, -0.25) is 4.98 Å². The molecule has 9 nitrogen and oxygen atoms in total. The number of ether oxygens (including phenoxy) is 3. The summed E-state index contributed by atoms with van der Waals surface area (Å²) in [6, 6.07) is 6.22. The van der Waals surface area contributed by atoms with E-state index in [4.69, 9.17) is 25.8 Å². The van der Waals surface area contributed by atoms with Gasteiger partial charge in [0.25, 0.3) is 6.01 Å². The van der Waals surface area contributed by atoms with Crippen molar-refractivity contribution in [2.24, 2.45) is 0 Å². The molecular formula is C20H20ClN5O4. The smallest absolute Gasteiger partial charge is 0.296 e. The summed E-state index contributed by atoms with van der Waals surface area (Å²) in [5, 5.41) is 13.8. The number of aryl methyl sites for hydroxylation is 1. The van der Waals surface area contributed by atoms with Gasteiger partial charge in [0.1, 0.15) is 24.1 Å². The molecule has 3 N–H and O–H groups in total. The monoisotopic (exact) mass is 429 g/mol. The second kappa shape index (κ2) is 7.05. The Hall–Kier alpha value is -2.46. The van der Waals surface area contributed by atoms with Crippen molar-refractivity contribution in [2.75, 3.05) is 18.5 Å². The minimum absolute atomic E-state index is 0.0665. The van der Waals surface area contributed by atoms with Gasteiger partial charge in [-0.2, -0.15) is 4.98 Å². The van der Waals surface area contributed by atoms with Crippen LogP contribution in [0.25, 0.3) is 11.2 Å². The molecule has 5 heterocycles. The molecular weight excluding hydrogens is 410 g/mol.